The molecule has 3 rings (SSSR count). The monoisotopic (exact) mass is 387 g/mol. The lowest BCUT2D eigenvalue weighted by Crippen LogP contribution is -2.53. The first kappa shape index (κ1) is 20.6. The summed E-state index contributed by atoms with van der Waals surface area (Å²) in [5.74, 6) is 0.890. The molecule has 1 aromatic rings. The number of carbonyl (C=O) groups excluding carboxylic acids is 2. The van der Waals surface area contributed by atoms with Gasteiger partial charge in [-0.2, -0.15) is 0 Å². The van der Waals surface area contributed by atoms with Gasteiger partial charge < -0.3 is 19.4 Å². The minimum absolute atomic E-state index is 0.123. The van der Waals surface area contributed by atoms with Crippen molar-refractivity contribution in [2.75, 3.05) is 52.4 Å². The molecule has 1 aromatic carbocycles. The molecule has 2 fully saturated rings. The van der Waals surface area contributed by atoms with E-state index in [2.05, 4.69) is 42.2 Å². The van der Waals surface area contributed by atoms with Gasteiger partial charge in [-0.1, -0.05) is 37.3 Å². The maximum atomic E-state index is 12.9. The molecule has 0 bridgehead atoms. The van der Waals surface area contributed by atoms with Crippen LogP contribution in [0.25, 0.3) is 0 Å². The Hall–Kier alpha value is -2.08. The predicted molar refractivity (Wildman–Crippen MR) is 109 cm³/mol. The average molecular weight is 388 g/mol. The van der Waals surface area contributed by atoms with E-state index in [9.17, 15) is 9.59 Å². The van der Waals surface area contributed by atoms with Crippen molar-refractivity contribution >= 4 is 12.0 Å². The van der Waals surface area contributed by atoms with E-state index in [0.717, 1.165) is 32.5 Å². The van der Waals surface area contributed by atoms with Crippen molar-refractivity contribution in [3.63, 3.8) is 0 Å². The standard InChI is InChI=1S/C22H33N3O3/c1-3-28-22(27)25-15-13-24(14-16-25)21(26)20-9-11-23(12-10-20)17-18(2)19-7-5-4-6-8-19/h4-8,18,20H,3,9-17H2,1-2H3/t18-/m1/s1. The van der Waals surface area contributed by atoms with Crippen LogP contribution in [0.15, 0.2) is 30.3 Å². The molecule has 2 amide bonds. The minimum atomic E-state index is -0.268. The number of piperidine rings is 1. The quantitative estimate of drug-likeness (QED) is 0.780. The molecule has 2 aliphatic heterocycles. The van der Waals surface area contributed by atoms with Crippen LogP contribution in [0.2, 0.25) is 0 Å². The molecule has 2 saturated heterocycles. The van der Waals surface area contributed by atoms with Crippen LogP contribution in [0.4, 0.5) is 4.79 Å². The second-order valence-electron chi connectivity index (χ2n) is 7.90. The predicted octanol–water partition coefficient (Wildman–Crippen LogP) is 2.80. The zero-order valence-corrected chi connectivity index (χ0v) is 17.2. The molecule has 0 radical (unpaired) electrons. The molecule has 6 nitrogen and oxygen atoms in total. The summed E-state index contributed by atoms with van der Waals surface area (Å²) < 4.78 is 5.05. The molecule has 0 unspecified atom stereocenters. The Kier molecular flexibility index (Phi) is 7.31. The maximum absolute atomic E-state index is 12.9. The maximum Gasteiger partial charge on any atom is 0.409 e. The lowest BCUT2D eigenvalue weighted by molar-refractivity contribution is -0.138. The third kappa shape index (κ3) is 5.25. The SMILES string of the molecule is CCOC(=O)N1CCN(C(=O)C2CCN(C[C@@H](C)c3ccccc3)CC2)CC1. The smallest absolute Gasteiger partial charge is 0.409 e. The van der Waals surface area contributed by atoms with Crippen LogP contribution < -0.4 is 0 Å². The zero-order chi connectivity index (χ0) is 19.9. The van der Waals surface area contributed by atoms with Crippen molar-refractivity contribution in [1.82, 2.24) is 14.7 Å². The number of nitrogens with zero attached hydrogens (tertiary/aromatic N) is 3. The Bertz CT molecular complexity index is 636. The van der Waals surface area contributed by atoms with Gasteiger partial charge in [0, 0.05) is 38.6 Å². The van der Waals surface area contributed by atoms with Gasteiger partial charge in [-0.3, -0.25) is 4.79 Å². The van der Waals surface area contributed by atoms with Gasteiger partial charge >= 0.3 is 6.09 Å². The van der Waals surface area contributed by atoms with Gasteiger partial charge in [-0.15, -0.1) is 0 Å². The fourth-order valence-electron chi connectivity index (χ4n) is 4.22. The molecule has 0 spiro atoms. The van der Waals surface area contributed by atoms with Gasteiger partial charge in [-0.05, 0) is 44.3 Å². The molecule has 0 saturated carbocycles. The van der Waals surface area contributed by atoms with Crippen molar-refractivity contribution in [2.24, 2.45) is 5.92 Å². The van der Waals surface area contributed by atoms with Crippen LogP contribution in [-0.2, 0) is 9.53 Å². The summed E-state index contributed by atoms with van der Waals surface area (Å²) in [4.78, 5) is 30.8. The van der Waals surface area contributed by atoms with Gasteiger partial charge in [0.1, 0.15) is 0 Å². The summed E-state index contributed by atoms with van der Waals surface area (Å²) in [6.45, 7) is 9.84. The molecular weight excluding hydrogens is 354 g/mol. The fourth-order valence-corrected chi connectivity index (χ4v) is 4.22. The van der Waals surface area contributed by atoms with Gasteiger partial charge in [-0.25, -0.2) is 4.79 Å². The number of amides is 2. The number of piperazine rings is 1. The Morgan fingerprint density at radius 2 is 1.61 bits per heavy atom. The van der Waals surface area contributed by atoms with E-state index in [-0.39, 0.29) is 17.9 Å². The second-order valence-corrected chi connectivity index (χ2v) is 7.90. The van der Waals surface area contributed by atoms with Crippen LogP contribution >= 0.6 is 0 Å². The van der Waals surface area contributed by atoms with E-state index in [1.807, 2.05) is 11.8 Å². The molecule has 2 heterocycles. The number of rotatable bonds is 5. The van der Waals surface area contributed by atoms with Gasteiger partial charge in [0.15, 0.2) is 0 Å². The van der Waals surface area contributed by atoms with Crippen LogP contribution in [0, 0.1) is 5.92 Å². The number of hydrogen-bond acceptors (Lipinski definition) is 4. The normalized spacial score (nSPS) is 20.1. The average Bonchev–Trinajstić information content (AvgIpc) is 2.74. The second kappa shape index (κ2) is 9.92. The molecule has 0 aromatic heterocycles. The molecule has 28 heavy (non-hydrogen) atoms. The van der Waals surface area contributed by atoms with E-state index < -0.39 is 0 Å². The highest BCUT2D eigenvalue weighted by molar-refractivity contribution is 5.79. The van der Waals surface area contributed by atoms with Crippen LogP contribution in [-0.4, -0.2) is 79.1 Å². The first-order chi connectivity index (χ1) is 13.6. The van der Waals surface area contributed by atoms with Crippen molar-refractivity contribution in [3.8, 4) is 0 Å². The topological polar surface area (TPSA) is 53.1 Å². The minimum Gasteiger partial charge on any atom is -0.450 e. The van der Waals surface area contributed by atoms with Crippen molar-refractivity contribution in [3.05, 3.63) is 35.9 Å². The number of benzene rings is 1. The molecule has 0 aliphatic carbocycles. The van der Waals surface area contributed by atoms with Crippen LogP contribution in [0.3, 0.4) is 0 Å². The largest absolute Gasteiger partial charge is 0.450 e. The number of likely N-dealkylation sites (tertiary alicyclic amines) is 1. The first-order valence-electron chi connectivity index (χ1n) is 10.6. The summed E-state index contributed by atoms with van der Waals surface area (Å²) in [5, 5.41) is 0. The van der Waals surface area contributed by atoms with E-state index in [4.69, 9.17) is 4.74 Å². The van der Waals surface area contributed by atoms with Crippen LogP contribution in [0.1, 0.15) is 38.2 Å². The van der Waals surface area contributed by atoms with E-state index in [0.29, 0.717) is 38.7 Å². The number of ether oxygens (including phenoxy) is 1. The molecule has 6 heteroatoms. The summed E-state index contributed by atoms with van der Waals surface area (Å²) in [5.41, 5.74) is 1.38. The third-order valence-electron chi connectivity index (χ3n) is 5.95. The van der Waals surface area contributed by atoms with E-state index >= 15 is 0 Å². The summed E-state index contributed by atoms with van der Waals surface area (Å²) in [6, 6.07) is 10.6. The molecule has 0 N–H and O–H groups in total. The lowest BCUT2D eigenvalue weighted by Gasteiger charge is -2.38. The lowest BCUT2D eigenvalue weighted by atomic mass is 9.93. The van der Waals surface area contributed by atoms with Gasteiger partial charge in [0.25, 0.3) is 0 Å². The Morgan fingerprint density at radius 3 is 2.21 bits per heavy atom. The van der Waals surface area contributed by atoms with Gasteiger partial charge in [0.2, 0.25) is 5.91 Å². The Labute approximate surface area is 168 Å². The molecule has 2 aliphatic rings. The van der Waals surface area contributed by atoms with Gasteiger partial charge in [0.05, 0.1) is 6.61 Å². The highest BCUT2D eigenvalue weighted by Gasteiger charge is 2.31. The fraction of sp³-hybridized carbons (Fsp3) is 0.636. The molecule has 154 valence electrons. The van der Waals surface area contributed by atoms with Crippen LogP contribution in [0.5, 0.6) is 0 Å². The van der Waals surface area contributed by atoms with Crippen molar-refractivity contribution in [2.45, 2.75) is 32.6 Å². The Morgan fingerprint density at radius 1 is 1.00 bits per heavy atom. The molecule has 1 atom stereocenters. The third-order valence-corrected chi connectivity index (χ3v) is 5.95. The highest BCUT2D eigenvalue weighted by atomic mass is 16.6. The number of carbonyl (C=O) groups is 2. The number of hydrogen-bond donors (Lipinski definition) is 0. The molecular formula is C22H33N3O3. The highest BCUT2D eigenvalue weighted by Crippen LogP contribution is 2.23. The Balaban J connectivity index is 1.41. The summed E-state index contributed by atoms with van der Waals surface area (Å²) in [7, 11) is 0. The van der Waals surface area contributed by atoms with E-state index in [1.165, 1.54) is 5.56 Å². The summed E-state index contributed by atoms with van der Waals surface area (Å²) >= 11 is 0. The van der Waals surface area contributed by atoms with Crippen molar-refractivity contribution < 1.29 is 14.3 Å². The van der Waals surface area contributed by atoms with E-state index in [1.54, 1.807) is 4.90 Å². The zero-order valence-electron chi connectivity index (χ0n) is 17.2. The van der Waals surface area contributed by atoms with Crippen molar-refractivity contribution in [1.29, 1.82) is 0 Å². The summed E-state index contributed by atoms with van der Waals surface area (Å²) in [6.07, 6.45) is 1.59. The first-order valence-corrected chi connectivity index (χ1v) is 10.6.